The lowest BCUT2D eigenvalue weighted by Gasteiger charge is -2.30. The van der Waals surface area contributed by atoms with Gasteiger partial charge < -0.3 is 10.6 Å². The van der Waals surface area contributed by atoms with Gasteiger partial charge >= 0.3 is 0 Å². The van der Waals surface area contributed by atoms with E-state index in [1.807, 2.05) is 39.8 Å². The maximum Gasteiger partial charge on any atom is 0.279 e. The number of sulfonamides is 1. The molecule has 1 aromatic rings. The number of nitriles is 1. The number of hydrogen-bond acceptors (Lipinski definition) is 6. The van der Waals surface area contributed by atoms with E-state index in [2.05, 4.69) is 28.2 Å². The number of benzene rings is 1. The second-order valence-corrected chi connectivity index (χ2v) is 8.88. The minimum Gasteiger partial charge on any atom is -0.378 e. The van der Waals surface area contributed by atoms with Crippen LogP contribution in [0.1, 0.15) is 45.0 Å². The second-order valence-electron chi connectivity index (χ2n) is 5.91. The molecule has 2 rings (SSSR count). The number of primary sulfonamides is 1. The Hall–Kier alpha value is -2.47. The molecule has 0 aromatic heterocycles. The monoisotopic (exact) mass is 479 g/mol. The van der Waals surface area contributed by atoms with Gasteiger partial charge in [-0.1, -0.05) is 39.5 Å². The standard InChI is InChI=1S/C14H18BN5O3S2.C3H4.2C2H6/c16-9-15-5-7-20(8-6-15)12-3-1-11(2-4-12)13(21)19-14(17)24-10-25(18,22)23;1-3-2;2*1-2/h1-4H,5-8,10H2,(H2,17,19,21)(H2,18,22,23);1H,2H3;2*1-2H3. The van der Waals surface area contributed by atoms with E-state index in [1.54, 1.807) is 19.1 Å². The van der Waals surface area contributed by atoms with Gasteiger partial charge in [0, 0.05) is 30.3 Å². The zero-order chi connectivity index (χ0) is 25.2. The first-order valence-corrected chi connectivity index (χ1v) is 13.0. The molecule has 0 bridgehead atoms. The third kappa shape index (κ3) is 13.8. The van der Waals surface area contributed by atoms with Gasteiger partial charge in [0.2, 0.25) is 10.0 Å². The largest absolute Gasteiger partial charge is 0.378 e. The van der Waals surface area contributed by atoms with Crippen LogP contribution in [0.2, 0.25) is 12.6 Å². The fourth-order valence-corrected chi connectivity index (χ4v) is 3.71. The number of carbonyl (C=O) groups is 1. The third-order valence-corrected chi connectivity index (χ3v) is 5.91. The van der Waals surface area contributed by atoms with Crippen LogP contribution in [0.5, 0.6) is 0 Å². The topological polar surface area (TPSA) is 143 Å². The molecule has 1 fully saturated rings. The summed E-state index contributed by atoms with van der Waals surface area (Å²) in [4.78, 5) is 17.9. The average Bonchev–Trinajstić information content (AvgIpc) is 2.80. The minimum atomic E-state index is -3.68. The first kappa shape index (κ1) is 31.7. The Balaban J connectivity index is 0. The maximum atomic E-state index is 12.0. The Kier molecular flexibility index (Phi) is 18.0. The number of terminal acetylenes is 1. The fourth-order valence-electron chi connectivity index (χ4n) is 2.42. The first-order valence-electron chi connectivity index (χ1n) is 10.3. The van der Waals surface area contributed by atoms with Crippen molar-refractivity contribution in [2.24, 2.45) is 15.9 Å². The molecule has 1 heterocycles. The van der Waals surface area contributed by atoms with Crippen LogP contribution in [0.3, 0.4) is 0 Å². The highest BCUT2D eigenvalue weighted by molar-refractivity contribution is 8.21. The summed E-state index contributed by atoms with van der Waals surface area (Å²) in [6, 6.07) is 6.94. The molecule has 1 saturated heterocycles. The molecule has 0 atom stereocenters. The predicted molar refractivity (Wildman–Crippen MR) is 138 cm³/mol. The summed E-state index contributed by atoms with van der Waals surface area (Å²) in [5, 5.41) is 13.2. The molecule has 4 N–H and O–H groups in total. The summed E-state index contributed by atoms with van der Waals surface area (Å²) in [5.41, 5.74) is 6.87. The van der Waals surface area contributed by atoms with Crippen molar-refractivity contribution in [1.82, 2.24) is 0 Å². The molecular weight excluding hydrogens is 445 g/mol. The van der Waals surface area contributed by atoms with Crippen LogP contribution >= 0.6 is 11.8 Å². The quantitative estimate of drug-likeness (QED) is 0.292. The fraction of sp³-hybridized carbons (Fsp3) is 0.476. The summed E-state index contributed by atoms with van der Waals surface area (Å²) in [5.74, 6) is 4.00. The summed E-state index contributed by atoms with van der Waals surface area (Å²) < 4.78 is 21.7. The molecule has 8 nitrogen and oxygen atoms in total. The van der Waals surface area contributed by atoms with Gasteiger partial charge in [-0.05, 0) is 43.8 Å². The number of anilines is 1. The minimum absolute atomic E-state index is 0.115. The molecular formula is C21H34BN5O3S2. The summed E-state index contributed by atoms with van der Waals surface area (Å²) >= 11 is 0.694. The Morgan fingerprint density at radius 3 is 2.09 bits per heavy atom. The lowest BCUT2D eigenvalue weighted by atomic mass is 9.45. The molecule has 0 aliphatic carbocycles. The number of carbonyl (C=O) groups excluding carboxylic acids is 1. The van der Waals surface area contributed by atoms with Gasteiger partial charge in [0.15, 0.2) is 5.17 Å². The SMILES string of the molecule is C#CC.CC.CC.N#CB1CCN(c2ccc(C(=O)N=C(N)SCS(N)(=O)=O)cc2)CC1. The van der Waals surface area contributed by atoms with Gasteiger partial charge in [-0.2, -0.15) is 4.99 Å². The lowest BCUT2D eigenvalue weighted by molar-refractivity contribution is 0.100. The van der Waals surface area contributed by atoms with Crippen LogP contribution in [-0.4, -0.2) is 44.4 Å². The molecule has 11 heteroatoms. The van der Waals surface area contributed by atoms with Crippen molar-refractivity contribution in [3.8, 4) is 18.3 Å². The Labute approximate surface area is 198 Å². The van der Waals surface area contributed by atoms with Crippen molar-refractivity contribution < 1.29 is 13.2 Å². The van der Waals surface area contributed by atoms with Gasteiger partial charge in [-0.15, -0.1) is 12.3 Å². The van der Waals surface area contributed by atoms with Gasteiger partial charge in [0.1, 0.15) is 5.08 Å². The van der Waals surface area contributed by atoms with Gasteiger partial charge in [-0.3, -0.25) is 4.79 Å². The predicted octanol–water partition coefficient (Wildman–Crippen LogP) is 3.19. The van der Waals surface area contributed by atoms with Crippen LogP contribution in [-0.2, 0) is 10.0 Å². The number of aliphatic imine (C=N–C) groups is 1. The summed E-state index contributed by atoms with van der Waals surface area (Å²) in [6.07, 6.45) is 6.26. The first-order chi connectivity index (χ1) is 15.2. The Morgan fingerprint density at radius 1 is 1.22 bits per heavy atom. The van der Waals surface area contributed by atoms with E-state index >= 15 is 0 Å². The second kappa shape index (κ2) is 18.1. The van der Waals surface area contributed by atoms with Crippen LogP contribution in [0.25, 0.3) is 0 Å². The molecule has 0 radical (unpaired) electrons. The lowest BCUT2D eigenvalue weighted by Crippen LogP contribution is -2.36. The molecule has 0 spiro atoms. The number of rotatable bonds is 4. The van der Waals surface area contributed by atoms with Crippen molar-refractivity contribution in [2.75, 3.05) is 23.1 Å². The smallest absolute Gasteiger partial charge is 0.279 e. The molecule has 1 aromatic carbocycles. The Bertz CT molecular complexity index is 883. The number of hydrogen-bond donors (Lipinski definition) is 2. The van der Waals surface area contributed by atoms with E-state index < -0.39 is 21.0 Å². The average molecular weight is 479 g/mol. The van der Waals surface area contributed by atoms with E-state index in [9.17, 15) is 13.2 Å². The van der Waals surface area contributed by atoms with Crippen molar-refractivity contribution in [3.63, 3.8) is 0 Å². The van der Waals surface area contributed by atoms with Crippen molar-refractivity contribution in [1.29, 1.82) is 5.26 Å². The number of amides is 1. The van der Waals surface area contributed by atoms with E-state index in [1.165, 1.54) is 0 Å². The number of amidine groups is 1. The number of nitrogens with zero attached hydrogens (tertiary/aromatic N) is 3. The summed E-state index contributed by atoms with van der Waals surface area (Å²) in [7, 11) is -3.68. The van der Waals surface area contributed by atoms with E-state index in [0.29, 0.717) is 17.3 Å². The van der Waals surface area contributed by atoms with E-state index in [-0.39, 0.29) is 11.9 Å². The molecule has 32 heavy (non-hydrogen) atoms. The van der Waals surface area contributed by atoms with Crippen LogP contribution < -0.4 is 15.8 Å². The molecule has 176 valence electrons. The highest BCUT2D eigenvalue weighted by Crippen LogP contribution is 2.21. The zero-order valence-electron chi connectivity index (χ0n) is 19.5. The van der Waals surface area contributed by atoms with Crippen molar-refractivity contribution in [2.45, 2.75) is 47.3 Å². The molecule has 1 amide bonds. The molecule has 1 aliphatic heterocycles. The van der Waals surface area contributed by atoms with E-state index in [4.69, 9.17) is 16.1 Å². The van der Waals surface area contributed by atoms with Gasteiger partial charge in [0.25, 0.3) is 12.6 Å². The van der Waals surface area contributed by atoms with Gasteiger partial charge in [0.05, 0.1) is 0 Å². The molecule has 1 aliphatic rings. The van der Waals surface area contributed by atoms with Crippen LogP contribution in [0, 0.1) is 23.6 Å². The maximum absolute atomic E-state index is 12.0. The molecule has 0 saturated carbocycles. The molecule has 0 unspecified atom stereocenters. The number of nitrogens with two attached hydrogens (primary N) is 2. The number of thioether (sulfide) groups is 1. The van der Waals surface area contributed by atoms with Crippen LogP contribution in [0.15, 0.2) is 29.3 Å². The van der Waals surface area contributed by atoms with E-state index in [0.717, 1.165) is 31.4 Å². The van der Waals surface area contributed by atoms with Crippen LogP contribution in [0.4, 0.5) is 5.69 Å². The zero-order valence-corrected chi connectivity index (χ0v) is 21.2. The Morgan fingerprint density at radius 2 is 1.69 bits per heavy atom. The third-order valence-electron chi connectivity index (χ3n) is 3.74. The van der Waals surface area contributed by atoms with Crippen molar-refractivity contribution in [3.05, 3.63) is 29.8 Å². The normalized spacial score (nSPS) is 12.9. The van der Waals surface area contributed by atoms with Gasteiger partial charge in [-0.25, -0.2) is 18.8 Å². The highest BCUT2D eigenvalue weighted by Gasteiger charge is 2.22. The summed E-state index contributed by atoms with van der Waals surface area (Å²) in [6.45, 7) is 11.4. The van der Waals surface area contributed by atoms with Crippen molar-refractivity contribution >= 4 is 45.3 Å². The highest BCUT2D eigenvalue weighted by atomic mass is 32.3.